The number of carbonyl (C=O) groups excluding carboxylic acids is 3. The van der Waals surface area contributed by atoms with Gasteiger partial charge in [-0.25, -0.2) is 13.4 Å². The molecule has 4 N–H and O–H groups in total. The first kappa shape index (κ1) is 30.4. The Hall–Kier alpha value is -3.04. The molecule has 1 aromatic carbocycles. The van der Waals surface area contributed by atoms with Crippen molar-refractivity contribution >= 4 is 61.6 Å². The van der Waals surface area contributed by atoms with Crippen molar-refractivity contribution < 1.29 is 22.8 Å². The maximum Gasteiger partial charge on any atom is 0.283 e. The zero-order chi connectivity index (χ0) is 30.3. The van der Waals surface area contributed by atoms with Crippen LogP contribution in [0.3, 0.4) is 0 Å². The summed E-state index contributed by atoms with van der Waals surface area (Å²) in [4.78, 5) is 49.6. The van der Waals surface area contributed by atoms with E-state index in [1.807, 2.05) is 6.92 Å². The number of aromatic amines is 1. The Balaban J connectivity index is 1.53. The second-order valence-electron chi connectivity index (χ2n) is 10.7. The molecule has 0 bridgehead atoms. The molecule has 4 unspecified atom stereocenters. The quantitative estimate of drug-likeness (QED) is 0.309. The number of thiazole rings is 1. The van der Waals surface area contributed by atoms with Gasteiger partial charge in [0, 0.05) is 79.3 Å². The highest BCUT2D eigenvalue weighted by atomic mass is 35.5. The number of amides is 3. The number of hydrogen-bond donors (Lipinski definition) is 4. The van der Waals surface area contributed by atoms with Crippen LogP contribution in [-0.4, -0.2) is 90.6 Å². The highest BCUT2D eigenvalue weighted by Crippen LogP contribution is 2.34. The number of nitrogens with zero attached hydrogens (tertiary/aromatic N) is 3. The molecule has 0 spiro atoms. The van der Waals surface area contributed by atoms with E-state index in [0.717, 1.165) is 10.6 Å². The molecule has 0 saturated carbocycles. The van der Waals surface area contributed by atoms with E-state index in [9.17, 15) is 22.8 Å². The molecule has 5 rings (SSSR count). The zero-order valence-corrected chi connectivity index (χ0v) is 26.1. The van der Waals surface area contributed by atoms with E-state index in [2.05, 4.69) is 27.9 Å². The van der Waals surface area contributed by atoms with Crippen molar-refractivity contribution in [3.05, 3.63) is 44.9 Å². The van der Waals surface area contributed by atoms with E-state index in [4.69, 9.17) is 16.6 Å². The van der Waals surface area contributed by atoms with Crippen LogP contribution in [0.1, 0.15) is 53.0 Å². The number of H-pyrrole nitrogens is 1. The van der Waals surface area contributed by atoms with Crippen LogP contribution in [0, 0.1) is 0 Å². The fraction of sp³-hybridized carbons (Fsp3) is 0.481. The van der Waals surface area contributed by atoms with E-state index in [0.29, 0.717) is 22.5 Å². The van der Waals surface area contributed by atoms with Crippen molar-refractivity contribution in [1.82, 2.24) is 35.1 Å². The second kappa shape index (κ2) is 11.9. The molecule has 2 aliphatic heterocycles. The Morgan fingerprint density at radius 1 is 1.07 bits per heavy atom. The average Bonchev–Trinajstić information content (AvgIpc) is 3.59. The summed E-state index contributed by atoms with van der Waals surface area (Å²) in [7, 11) is -1.14. The van der Waals surface area contributed by atoms with Gasteiger partial charge in [-0.1, -0.05) is 18.5 Å². The topological polar surface area (TPSA) is 157 Å². The fourth-order valence-electron chi connectivity index (χ4n) is 5.57. The molecule has 4 atom stereocenters. The largest absolute Gasteiger partial charge is 0.359 e. The fourth-order valence-corrected chi connectivity index (χ4v) is 8.35. The van der Waals surface area contributed by atoms with Gasteiger partial charge < -0.3 is 25.8 Å². The summed E-state index contributed by atoms with van der Waals surface area (Å²) in [5.41, 5.74) is 1.46. The van der Waals surface area contributed by atoms with E-state index >= 15 is 0 Å². The summed E-state index contributed by atoms with van der Waals surface area (Å²) in [5.74, 6) is -1.04. The number of halogens is 1. The molecule has 3 aromatic rings. The van der Waals surface area contributed by atoms with Gasteiger partial charge in [-0.05, 0) is 31.2 Å². The monoisotopic (exact) mass is 635 g/mol. The smallest absolute Gasteiger partial charge is 0.283 e. The van der Waals surface area contributed by atoms with Gasteiger partial charge in [0.05, 0.1) is 17.8 Å². The summed E-state index contributed by atoms with van der Waals surface area (Å²) in [5, 5.41) is 9.87. The van der Waals surface area contributed by atoms with Gasteiger partial charge in [-0.2, -0.15) is 4.31 Å². The molecule has 1 saturated heterocycles. The van der Waals surface area contributed by atoms with Crippen LogP contribution >= 0.6 is 22.9 Å². The normalized spacial score (nSPS) is 23.0. The minimum atomic E-state index is -4.11. The molecule has 2 aliphatic rings. The molecule has 2 aromatic heterocycles. The minimum Gasteiger partial charge on any atom is -0.359 e. The predicted molar refractivity (Wildman–Crippen MR) is 160 cm³/mol. The molecule has 12 nitrogen and oxygen atoms in total. The zero-order valence-electron chi connectivity index (χ0n) is 23.7. The van der Waals surface area contributed by atoms with Crippen LogP contribution < -0.4 is 16.0 Å². The van der Waals surface area contributed by atoms with Crippen LogP contribution in [-0.2, 0) is 26.2 Å². The number of rotatable bonds is 7. The van der Waals surface area contributed by atoms with Crippen molar-refractivity contribution in [3.63, 3.8) is 0 Å². The lowest BCUT2D eigenvalue weighted by Gasteiger charge is -2.45. The maximum atomic E-state index is 14.1. The molecule has 3 amide bonds. The molecule has 0 aliphatic carbocycles. The number of carbonyl (C=O) groups is 3. The van der Waals surface area contributed by atoms with Crippen LogP contribution in [0.5, 0.6) is 0 Å². The van der Waals surface area contributed by atoms with Crippen LogP contribution in [0.4, 0.5) is 0 Å². The van der Waals surface area contributed by atoms with E-state index in [-0.39, 0.29) is 59.7 Å². The SMILES string of the molecule is CNC(=O)CC1CN(S(=O)(=O)c2cc3cc(Cl)ccc3[nH]2)CC(CC(=O)NC)N1C(=O)c1nc2c(s1)CNC(C)C2C. The van der Waals surface area contributed by atoms with E-state index < -0.39 is 28.0 Å². The molecule has 15 heteroatoms. The number of hydrogen-bond acceptors (Lipinski definition) is 8. The Kier molecular flexibility index (Phi) is 8.63. The molecule has 1 fully saturated rings. The van der Waals surface area contributed by atoms with E-state index in [1.165, 1.54) is 40.7 Å². The highest BCUT2D eigenvalue weighted by Gasteiger charge is 2.45. The first-order valence-electron chi connectivity index (χ1n) is 13.7. The number of aromatic nitrogens is 2. The second-order valence-corrected chi connectivity index (χ2v) is 14.2. The van der Waals surface area contributed by atoms with Gasteiger partial charge in [-0.15, -0.1) is 11.3 Å². The predicted octanol–water partition coefficient (Wildman–Crippen LogP) is 2.03. The first-order valence-corrected chi connectivity index (χ1v) is 16.3. The minimum absolute atomic E-state index is 0.0415. The number of sulfonamides is 1. The van der Waals surface area contributed by atoms with Crippen LogP contribution in [0.25, 0.3) is 10.9 Å². The van der Waals surface area contributed by atoms with Crippen molar-refractivity contribution in [3.8, 4) is 0 Å². The Morgan fingerprint density at radius 2 is 1.71 bits per heavy atom. The molecular weight excluding hydrogens is 602 g/mol. The van der Waals surface area contributed by atoms with Gasteiger partial charge in [0.2, 0.25) is 11.8 Å². The average molecular weight is 636 g/mol. The standard InChI is InChI=1S/C27H34ClN7O5S2/c1-14-15(2)31-11-21-25(14)33-26(41-21)27(38)35-18(9-22(36)29-3)12-34(13-19(35)10-23(37)30-4)42(39,40)24-8-16-7-17(28)5-6-20(16)32-24/h5-8,14-15,18-19,31-32H,9-13H2,1-4H3,(H,29,36)(H,30,37). The summed E-state index contributed by atoms with van der Waals surface area (Å²) in [6.45, 7) is 4.43. The Bertz CT molecular complexity index is 1610. The van der Waals surface area contributed by atoms with Crippen LogP contribution in [0.2, 0.25) is 5.02 Å². The molecule has 4 heterocycles. The van der Waals surface area contributed by atoms with Crippen molar-refractivity contribution in [2.75, 3.05) is 27.2 Å². The Morgan fingerprint density at radius 3 is 2.33 bits per heavy atom. The molecule has 42 heavy (non-hydrogen) atoms. The van der Waals surface area contributed by atoms with Crippen molar-refractivity contribution in [1.29, 1.82) is 0 Å². The van der Waals surface area contributed by atoms with Gasteiger partial charge in [0.25, 0.3) is 15.9 Å². The van der Waals surface area contributed by atoms with Crippen LogP contribution in [0.15, 0.2) is 29.3 Å². The molecular formula is C27H34ClN7O5S2. The third-order valence-corrected chi connectivity index (χ3v) is 11.2. The summed E-state index contributed by atoms with van der Waals surface area (Å²) in [6, 6.07) is 5.03. The summed E-state index contributed by atoms with van der Waals surface area (Å²) < 4.78 is 29.1. The highest BCUT2D eigenvalue weighted by molar-refractivity contribution is 7.89. The number of piperazine rings is 1. The first-order chi connectivity index (χ1) is 19.9. The molecule has 0 radical (unpaired) electrons. The lowest BCUT2D eigenvalue weighted by Crippen LogP contribution is -2.63. The lowest BCUT2D eigenvalue weighted by atomic mass is 9.95. The summed E-state index contributed by atoms with van der Waals surface area (Å²) >= 11 is 7.39. The summed E-state index contributed by atoms with van der Waals surface area (Å²) in [6.07, 6.45) is -0.304. The number of nitrogens with one attached hydrogen (secondary N) is 4. The van der Waals surface area contributed by atoms with Gasteiger partial charge in [-0.3, -0.25) is 14.4 Å². The van der Waals surface area contributed by atoms with Crippen molar-refractivity contribution in [2.45, 2.75) is 62.3 Å². The van der Waals surface area contributed by atoms with Gasteiger partial charge >= 0.3 is 0 Å². The van der Waals surface area contributed by atoms with E-state index in [1.54, 1.807) is 18.2 Å². The lowest BCUT2D eigenvalue weighted by molar-refractivity contribution is -0.123. The van der Waals surface area contributed by atoms with Gasteiger partial charge in [0.1, 0.15) is 5.03 Å². The van der Waals surface area contributed by atoms with Gasteiger partial charge in [0.15, 0.2) is 5.01 Å². The molecule has 226 valence electrons. The third kappa shape index (κ3) is 5.78. The third-order valence-electron chi connectivity index (χ3n) is 8.10. The Labute approximate surface area is 253 Å². The number of benzene rings is 1. The van der Waals surface area contributed by atoms with Crippen molar-refractivity contribution in [2.24, 2.45) is 0 Å². The maximum absolute atomic E-state index is 14.1. The number of fused-ring (bicyclic) bond motifs is 2.